The van der Waals surface area contributed by atoms with E-state index >= 15 is 0 Å². The van der Waals surface area contributed by atoms with Crippen LogP contribution in [0.3, 0.4) is 0 Å². The largest absolute Gasteiger partial charge is 0.443 e. The van der Waals surface area contributed by atoms with Crippen molar-refractivity contribution in [3.8, 4) is 0 Å². The van der Waals surface area contributed by atoms with E-state index in [0.29, 0.717) is 4.31 Å². The third-order valence-electron chi connectivity index (χ3n) is 4.00. The Bertz CT molecular complexity index is 547. The predicted octanol–water partition coefficient (Wildman–Crippen LogP) is 2.89. The Hall–Kier alpha value is -0.643. The summed E-state index contributed by atoms with van der Waals surface area (Å²) in [6.07, 6.45) is -0.932. The van der Waals surface area contributed by atoms with Gasteiger partial charge in [-0.25, -0.2) is 4.79 Å². The van der Waals surface area contributed by atoms with E-state index < -0.39 is 36.4 Å². The molecule has 0 aromatic carbocycles. The quantitative estimate of drug-likeness (QED) is 0.713. The van der Waals surface area contributed by atoms with Crippen LogP contribution in [0.4, 0.5) is 4.79 Å². The number of rotatable bonds is 3. The lowest BCUT2D eigenvalue weighted by Gasteiger charge is -2.37. The summed E-state index contributed by atoms with van der Waals surface area (Å²) in [5, 5.41) is -0.0118. The van der Waals surface area contributed by atoms with Crippen molar-refractivity contribution in [2.75, 3.05) is 13.2 Å². The average molecular weight is 368 g/mol. The fraction of sp³-hybridized carbons (Fsp3) is 0.929. The van der Waals surface area contributed by atoms with Crippen molar-refractivity contribution < 1.29 is 26.6 Å². The highest BCUT2D eigenvalue weighted by atomic mass is 32.2. The first-order valence-electron chi connectivity index (χ1n) is 7.62. The summed E-state index contributed by atoms with van der Waals surface area (Å²) in [6, 6.07) is -0.705. The molecule has 0 unspecified atom stereocenters. The maximum Gasteiger partial charge on any atom is 0.426 e. The molecule has 1 heterocycles. The first kappa shape index (κ1) is 20.4. The van der Waals surface area contributed by atoms with Crippen LogP contribution < -0.4 is 0 Å². The molecule has 1 aliphatic heterocycles. The molecule has 1 amide bonds. The lowest BCUT2D eigenvalue weighted by molar-refractivity contribution is 0.0323. The summed E-state index contributed by atoms with van der Waals surface area (Å²) >= 11 is 0. The van der Waals surface area contributed by atoms with Gasteiger partial charge >= 0.3 is 16.4 Å². The van der Waals surface area contributed by atoms with Gasteiger partial charge in [0.25, 0.3) is 0 Å². The molecular formula is C14H29NO6SSi. The van der Waals surface area contributed by atoms with Gasteiger partial charge in [-0.1, -0.05) is 20.8 Å². The number of ether oxygens (including phenoxy) is 1. The molecule has 0 aromatic heterocycles. The maximum absolute atomic E-state index is 12.2. The summed E-state index contributed by atoms with van der Waals surface area (Å²) < 4.78 is 40.6. The zero-order valence-electron chi connectivity index (χ0n) is 15.3. The molecule has 9 heteroatoms. The number of nitrogens with zero attached hydrogens (tertiary/aromatic N) is 1. The molecule has 0 N–H and O–H groups in total. The van der Waals surface area contributed by atoms with Crippen LogP contribution in [0.15, 0.2) is 0 Å². The topological polar surface area (TPSA) is 82.1 Å². The monoisotopic (exact) mass is 367 g/mol. The fourth-order valence-electron chi connectivity index (χ4n) is 1.66. The Labute approximate surface area is 140 Å². The molecule has 0 radical (unpaired) electrons. The second-order valence-corrected chi connectivity index (χ2v) is 14.5. The number of carbonyl (C=O) groups is 1. The van der Waals surface area contributed by atoms with Gasteiger partial charge in [-0.15, -0.1) is 0 Å². The van der Waals surface area contributed by atoms with E-state index in [1.54, 1.807) is 20.8 Å². The van der Waals surface area contributed by atoms with Gasteiger partial charge in [-0.2, -0.15) is 12.7 Å². The van der Waals surface area contributed by atoms with E-state index in [0.717, 1.165) is 0 Å². The summed E-state index contributed by atoms with van der Waals surface area (Å²) in [5.41, 5.74) is -0.792. The maximum atomic E-state index is 12.2. The van der Waals surface area contributed by atoms with Crippen LogP contribution in [0.5, 0.6) is 0 Å². The van der Waals surface area contributed by atoms with Crippen LogP contribution in [-0.2, 0) is 23.7 Å². The second kappa shape index (κ2) is 6.34. The van der Waals surface area contributed by atoms with Gasteiger partial charge in [0.2, 0.25) is 0 Å². The molecule has 0 aliphatic carbocycles. The number of hydrogen-bond donors (Lipinski definition) is 0. The van der Waals surface area contributed by atoms with Gasteiger partial charge in [-0.3, -0.25) is 4.18 Å². The molecule has 1 aliphatic rings. The molecule has 0 aromatic rings. The Morgan fingerprint density at radius 2 is 1.74 bits per heavy atom. The first-order valence-corrected chi connectivity index (χ1v) is 11.9. The third kappa shape index (κ3) is 5.17. The summed E-state index contributed by atoms with van der Waals surface area (Å²) in [6.45, 7) is 15.4. The van der Waals surface area contributed by atoms with Crippen molar-refractivity contribution in [2.45, 2.75) is 71.3 Å². The van der Waals surface area contributed by atoms with Crippen molar-refractivity contribution >= 4 is 24.7 Å². The molecule has 0 saturated carbocycles. The highest BCUT2D eigenvalue weighted by Gasteiger charge is 2.46. The van der Waals surface area contributed by atoms with Crippen molar-refractivity contribution in [2.24, 2.45) is 0 Å². The molecular weight excluding hydrogens is 338 g/mol. The van der Waals surface area contributed by atoms with Gasteiger partial charge < -0.3 is 9.16 Å². The minimum absolute atomic E-state index is 0.0118. The van der Waals surface area contributed by atoms with Crippen LogP contribution in [-0.4, -0.2) is 52.0 Å². The van der Waals surface area contributed by atoms with Crippen LogP contribution in [0.1, 0.15) is 41.5 Å². The highest BCUT2D eigenvalue weighted by Crippen LogP contribution is 2.37. The highest BCUT2D eigenvalue weighted by molar-refractivity contribution is 7.85. The molecule has 1 fully saturated rings. The summed E-state index contributed by atoms with van der Waals surface area (Å²) in [4.78, 5) is 12.2. The van der Waals surface area contributed by atoms with Gasteiger partial charge in [0.15, 0.2) is 8.32 Å². The van der Waals surface area contributed by atoms with Gasteiger partial charge in [0, 0.05) is 0 Å². The molecule has 0 bridgehead atoms. The normalized spacial score (nSPS) is 22.3. The molecule has 0 spiro atoms. The molecule has 136 valence electrons. The van der Waals surface area contributed by atoms with Crippen molar-refractivity contribution in [3.05, 3.63) is 0 Å². The average Bonchev–Trinajstić information content (AvgIpc) is 2.58. The standard InChI is InChI=1S/C14H29NO6SSi/c1-13(2,3)21-12(16)15-11(9-19-22(15,17)18)10-20-23(7,8)14(4,5)6/h11H,9-10H2,1-8H3/t11-/m0/s1. The summed E-state index contributed by atoms with van der Waals surface area (Å²) in [5.74, 6) is 0. The van der Waals surface area contributed by atoms with E-state index in [9.17, 15) is 13.2 Å². The smallest absolute Gasteiger partial charge is 0.426 e. The Balaban J connectivity index is 2.88. The lowest BCUT2D eigenvalue weighted by Crippen LogP contribution is -2.48. The van der Waals surface area contributed by atoms with E-state index in [-0.39, 0.29) is 18.3 Å². The van der Waals surface area contributed by atoms with Crippen molar-refractivity contribution in [1.29, 1.82) is 0 Å². The molecule has 1 saturated heterocycles. The Morgan fingerprint density at radius 1 is 1.22 bits per heavy atom. The fourth-order valence-corrected chi connectivity index (χ4v) is 3.85. The minimum Gasteiger partial charge on any atom is -0.443 e. The van der Waals surface area contributed by atoms with Crippen molar-refractivity contribution in [1.82, 2.24) is 4.31 Å². The van der Waals surface area contributed by atoms with Gasteiger partial charge in [0.1, 0.15) is 11.6 Å². The number of carbonyl (C=O) groups excluding carboxylic acids is 1. The lowest BCUT2D eigenvalue weighted by atomic mass is 10.2. The SMILES string of the molecule is CC(C)(C)OC(=O)N1[C@H](CO[Si](C)(C)C(C)(C)C)COS1(=O)=O. The molecule has 23 heavy (non-hydrogen) atoms. The van der Waals surface area contributed by atoms with E-state index in [1.165, 1.54) is 0 Å². The predicted molar refractivity (Wildman–Crippen MR) is 89.9 cm³/mol. The van der Waals surface area contributed by atoms with Gasteiger partial charge in [0.05, 0.1) is 13.2 Å². The zero-order valence-corrected chi connectivity index (χ0v) is 17.1. The Morgan fingerprint density at radius 3 is 2.17 bits per heavy atom. The van der Waals surface area contributed by atoms with Crippen LogP contribution in [0.25, 0.3) is 0 Å². The van der Waals surface area contributed by atoms with E-state index in [1.807, 2.05) is 0 Å². The van der Waals surface area contributed by atoms with Crippen LogP contribution in [0.2, 0.25) is 18.1 Å². The zero-order chi connectivity index (χ0) is 18.3. The van der Waals surface area contributed by atoms with Crippen molar-refractivity contribution in [3.63, 3.8) is 0 Å². The molecule has 7 nitrogen and oxygen atoms in total. The van der Waals surface area contributed by atoms with E-state index in [2.05, 4.69) is 33.9 Å². The second-order valence-electron chi connectivity index (χ2n) is 8.24. The van der Waals surface area contributed by atoms with Crippen LogP contribution >= 0.6 is 0 Å². The Kier molecular flexibility index (Phi) is 5.63. The molecule has 1 rings (SSSR count). The third-order valence-corrected chi connectivity index (χ3v) is 9.86. The summed E-state index contributed by atoms with van der Waals surface area (Å²) in [7, 11) is -6.18. The van der Waals surface area contributed by atoms with Crippen LogP contribution in [0, 0.1) is 0 Å². The number of hydrogen-bond acceptors (Lipinski definition) is 6. The first-order chi connectivity index (χ1) is 10.1. The van der Waals surface area contributed by atoms with E-state index in [4.69, 9.17) is 13.3 Å². The number of amides is 1. The van der Waals surface area contributed by atoms with Gasteiger partial charge in [-0.05, 0) is 38.9 Å². The minimum atomic E-state index is -4.12. The molecule has 1 atom stereocenters.